The van der Waals surface area contributed by atoms with Gasteiger partial charge in [0.1, 0.15) is 11.9 Å². The molecule has 0 bridgehead atoms. The van der Waals surface area contributed by atoms with Crippen molar-refractivity contribution in [2.24, 2.45) is 0 Å². The molecular weight excluding hydrogens is 252 g/mol. The number of ether oxygens (including phenoxy) is 1. The standard InChI is InChI=1S/C13H15ClN2O2/c1-3-16-11(6-7-15-16)13(17)9-4-5-10(14)12(8-9)18-2/h4-8,13,17H,3H2,1-2H3. The van der Waals surface area contributed by atoms with Gasteiger partial charge in [-0.2, -0.15) is 5.10 Å². The lowest BCUT2D eigenvalue weighted by molar-refractivity contribution is 0.207. The summed E-state index contributed by atoms with van der Waals surface area (Å²) in [7, 11) is 1.55. The van der Waals surface area contributed by atoms with Crippen LogP contribution in [0.2, 0.25) is 5.02 Å². The Balaban J connectivity index is 2.37. The largest absolute Gasteiger partial charge is 0.495 e. The van der Waals surface area contributed by atoms with Gasteiger partial charge in [-0.05, 0) is 30.7 Å². The normalized spacial score (nSPS) is 12.4. The van der Waals surface area contributed by atoms with Gasteiger partial charge in [0.15, 0.2) is 0 Å². The Morgan fingerprint density at radius 3 is 2.89 bits per heavy atom. The minimum atomic E-state index is -0.737. The first-order chi connectivity index (χ1) is 8.67. The number of methoxy groups -OCH3 is 1. The zero-order valence-electron chi connectivity index (χ0n) is 10.3. The van der Waals surface area contributed by atoms with Crippen molar-refractivity contribution in [1.29, 1.82) is 0 Å². The number of aromatic nitrogens is 2. The van der Waals surface area contributed by atoms with Gasteiger partial charge in [0.05, 0.1) is 17.8 Å². The third-order valence-electron chi connectivity index (χ3n) is 2.82. The van der Waals surface area contributed by atoms with Crippen LogP contribution in [0.1, 0.15) is 24.3 Å². The SMILES string of the molecule is CCn1nccc1C(O)c1ccc(Cl)c(OC)c1. The van der Waals surface area contributed by atoms with Gasteiger partial charge in [-0.3, -0.25) is 4.68 Å². The highest BCUT2D eigenvalue weighted by molar-refractivity contribution is 6.32. The highest BCUT2D eigenvalue weighted by Crippen LogP contribution is 2.30. The predicted octanol–water partition coefficient (Wildman–Crippen LogP) is 2.65. The van der Waals surface area contributed by atoms with Crippen LogP contribution in [0.15, 0.2) is 30.5 Å². The topological polar surface area (TPSA) is 47.3 Å². The van der Waals surface area contributed by atoms with Crippen LogP contribution in [0, 0.1) is 0 Å². The van der Waals surface area contributed by atoms with E-state index in [-0.39, 0.29) is 0 Å². The molecular formula is C13H15ClN2O2. The van der Waals surface area contributed by atoms with E-state index in [1.165, 1.54) is 0 Å². The Labute approximate surface area is 111 Å². The Morgan fingerprint density at radius 2 is 2.22 bits per heavy atom. The van der Waals surface area contributed by atoms with Crippen molar-refractivity contribution in [2.75, 3.05) is 7.11 Å². The van der Waals surface area contributed by atoms with Gasteiger partial charge >= 0.3 is 0 Å². The number of hydrogen-bond donors (Lipinski definition) is 1. The van der Waals surface area contributed by atoms with Gasteiger partial charge < -0.3 is 9.84 Å². The molecule has 0 saturated carbocycles. The molecule has 18 heavy (non-hydrogen) atoms. The summed E-state index contributed by atoms with van der Waals surface area (Å²) in [5.41, 5.74) is 1.48. The molecule has 1 heterocycles. The number of rotatable bonds is 4. The van der Waals surface area contributed by atoms with Crippen LogP contribution in [0.4, 0.5) is 0 Å². The Hall–Kier alpha value is -1.52. The number of nitrogens with zero attached hydrogens (tertiary/aromatic N) is 2. The molecule has 4 nitrogen and oxygen atoms in total. The van der Waals surface area contributed by atoms with Gasteiger partial charge in [-0.25, -0.2) is 0 Å². The molecule has 1 atom stereocenters. The van der Waals surface area contributed by atoms with Crippen LogP contribution in [-0.4, -0.2) is 22.0 Å². The van der Waals surface area contributed by atoms with Crippen LogP contribution in [0.3, 0.4) is 0 Å². The van der Waals surface area contributed by atoms with E-state index in [2.05, 4.69) is 5.10 Å². The van der Waals surface area contributed by atoms with Crippen LogP contribution in [-0.2, 0) is 6.54 Å². The molecule has 1 aromatic heterocycles. The second kappa shape index (κ2) is 5.42. The molecule has 0 fully saturated rings. The summed E-state index contributed by atoms with van der Waals surface area (Å²) in [6.07, 6.45) is 0.938. The van der Waals surface area contributed by atoms with Crippen LogP contribution < -0.4 is 4.74 Å². The Kier molecular flexibility index (Phi) is 3.89. The van der Waals surface area contributed by atoms with Crippen molar-refractivity contribution in [3.8, 4) is 5.75 Å². The number of aryl methyl sites for hydroxylation is 1. The third kappa shape index (κ3) is 2.35. The molecule has 0 aliphatic heterocycles. The van der Waals surface area contributed by atoms with E-state index in [1.807, 2.05) is 6.92 Å². The minimum absolute atomic E-state index is 0.525. The van der Waals surface area contributed by atoms with E-state index < -0.39 is 6.10 Å². The Bertz CT molecular complexity index is 540. The zero-order valence-corrected chi connectivity index (χ0v) is 11.1. The average molecular weight is 267 g/mol. The second-order valence-corrected chi connectivity index (χ2v) is 4.28. The molecule has 0 spiro atoms. The highest BCUT2D eigenvalue weighted by atomic mass is 35.5. The molecule has 96 valence electrons. The highest BCUT2D eigenvalue weighted by Gasteiger charge is 2.16. The van der Waals surface area contributed by atoms with Crippen molar-refractivity contribution in [3.05, 3.63) is 46.7 Å². The predicted molar refractivity (Wildman–Crippen MR) is 70.0 cm³/mol. The summed E-state index contributed by atoms with van der Waals surface area (Å²) in [6.45, 7) is 2.69. The third-order valence-corrected chi connectivity index (χ3v) is 3.13. The van der Waals surface area contributed by atoms with Crippen molar-refractivity contribution in [2.45, 2.75) is 19.6 Å². The number of aliphatic hydroxyl groups excluding tert-OH is 1. The van der Waals surface area contributed by atoms with E-state index in [9.17, 15) is 5.11 Å². The van der Waals surface area contributed by atoms with E-state index in [4.69, 9.17) is 16.3 Å². The lowest BCUT2D eigenvalue weighted by Crippen LogP contribution is -2.09. The van der Waals surface area contributed by atoms with Gasteiger partial charge in [-0.1, -0.05) is 17.7 Å². The number of halogens is 1. The quantitative estimate of drug-likeness (QED) is 0.925. The van der Waals surface area contributed by atoms with Gasteiger partial charge in [-0.15, -0.1) is 0 Å². The summed E-state index contributed by atoms with van der Waals surface area (Å²) < 4.78 is 6.90. The number of hydrogen-bond acceptors (Lipinski definition) is 3. The zero-order chi connectivity index (χ0) is 13.1. The fraction of sp³-hybridized carbons (Fsp3) is 0.308. The molecule has 0 saturated heterocycles. The first-order valence-electron chi connectivity index (χ1n) is 5.70. The summed E-state index contributed by atoms with van der Waals surface area (Å²) in [4.78, 5) is 0. The lowest BCUT2D eigenvalue weighted by atomic mass is 10.1. The van der Waals surface area contributed by atoms with Gasteiger partial charge in [0, 0.05) is 12.7 Å². The monoisotopic (exact) mass is 266 g/mol. The molecule has 1 aromatic carbocycles. The molecule has 0 radical (unpaired) electrons. The molecule has 1 unspecified atom stereocenters. The van der Waals surface area contributed by atoms with Crippen molar-refractivity contribution in [1.82, 2.24) is 9.78 Å². The molecule has 1 N–H and O–H groups in total. The van der Waals surface area contributed by atoms with Crippen molar-refractivity contribution >= 4 is 11.6 Å². The summed E-state index contributed by atoms with van der Waals surface area (Å²) >= 11 is 5.96. The van der Waals surface area contributed by atoms with Crippen LogP contribution >= 0.6 is 11.6 Å². The lowest BCUT2D eigenvalue weighted by Gasteiger charge is -2.14. The maximum atomic E-state index is 10.3. The van der Waals surface area contributed by atoms with E-state index in [0.29, 0.717) is 17.3 Å². The second-order valence-electron chi connectivity index (χ2n) is 3.87. The van der Waals surface area contributed by atoms with Gasteiger partial charge in [0.25, 0.3) is 0 Å². The molecule has 2 aromatic rings. The maximum Gasteiger partial charge on any atom is 0.137 e. The summed E-state index contributed by atoms with van der Waals surface area (Å²) in [5.74, 6) is 0.552. The molecule has 0 aliphatic rings. The smallest absolute Gasteiger partial charge is 0.137 e. The van der Waals surface area contributed by atoms with Crippen LogP contribution in [0.25, 0.3) is 0 Å². The van der Waals surface area contributed by atoms with E-state index in [0.717, 1.165) is 11.3 Å². The van der Waals surface area contributed by atoms with Gasteiger partial charge in [0.2, 0.25) is 0 Å². The first-order valence-corrected chi connectivity index (χ1v) is 6.08. The van der Waals surface area contributed by atoms with E-state index in [1.54, 1.807) is 42.3 Å². The van der Waals surface area contributed by atoms with Crippen LogP contribution in [0.5, 0.6) is 5.75 Å². The molecule has 0 amide bonds. The summed E-state index contributed by atoms with van der Waals surface area (Å²) in [5, 5.41) is 15.0. The first kappa shape index (κ1) is 12.9. The maximum absolute atomic E-state index is 10.3. The molecule has 5 heteroatoms. The Morgan fingerprint density at radius 1 is 1.44 bits per heavy atom. The minimum Gasteiger partial charge on any atom is -0.495 e. The summed E-state index contributed by atoms with van der Waals surface area (Å²) in [6, 6.07) is 7.03. The number of aliphatic hydroxyl groups is 1. The fourth-order valence-electron chi connectivity index (χ4n) is 1.86. The average Bonchev–Trinajstić information content (AvgIpc) is 2.86. The van der Waals surface area contributed by atoms with E-state index >= 15 is 0 Å². The molecule has 0 aliphatic carbocycles. The van der Waals surface area contributed by atoms with Crippen molar-refractivity contribution < 1.29 is 9.84 Å². The molecule has 2 rings (SSSR count). The fourth-order valence-corrected chi connectivity index (χ4v) is 2.05. The number of benzene rings is 1. The van der Waals surface area contributed by atoms with Crippen molar-refractivity contribution in [3.63, 3.8) is 0 Å².